The number of hydrogen-bond acceptors (Lipinski definition) is 0. The van der Waals surface area contributed by atoms with Gasteiger partial charge in [0.15, 0.2) is 0 Å². The topological polar surface area (TPSA) is 0 Å². The van der Waals surface area contributed by atoms with Crippen molar-refractivity contribution in [1.29, 1.82) is 0 Å². The molecule has 3 heteroatoms. The predicted molar refractivity (Wildman–Crippen MR) is 79.4 cm³/mol. The summed E-state index contributed by atoms with van der Waals surface area (Å²) in [7, 11) is 0. The van der Waals surface area contributed by atoms with E-state index in [-0.39, 0.29) is 0 Å². The molecule has 0 N–H and O–H groups in total. The van der Waals surface area contributed by atoms with Gasteiger partial charge in [0.05, 0.1) is 0 Å². The van der Waals surface area contributed by atoms with Crippen molar-refractivity contribution in [3.05, 3.63) is 55.6 Å². The highest BCUT2D eigenvalue weighted by molar-refractivity contribution is 14.1. The predicted octanol–water partition coefficient (Wildman–Crippen LogP) is 5.57. The molecule has 0 bridgehead atoms. The standard InChI is InChI=1S/C13H9Cl2I/c1-8-4-9(2-3-13(8)16)10-5-11(14)7-12(15)6-10/h2-7H,1H3. The summed E-state index contributed by atoms with van der Waals surface area (Å²) in [6.07, 6.45) is 0. The van der Waals surface area contributed by atoms with Crippen LogP contribution in [0.4, 0.5) is 0 Å². The normalized spacial score (nSPS) is 10.5. The van der Waals surface area contributed by atoms with E-state index in [1.807, 2.05) is 12.1 Å². The third kappa shape index (κ3) is 2.70. The number of benzene rings is 2. The second-order valence-corrected chi connectivity index (χ2v) is 5.66. The van der Waals surface area contributed by atoms with Crippen LogP contribution in [0.25, 0.3) is 11.1 Å². The molecule has 0 unspecified atom stereocenters. The minimum Gasteiger partial charge on any atom is -0.0843 e. The molecule has 0 aliphatic heterocycles. The van der Waals surface area contributed by atoms with Crippen molar-refractivity contribution in [2.45, 2.75) is 6.92 Å². The van der Waals surface area contributed by atoms with E-state index in [2.05, 4.69) is 47.7 Å². The minimum atomic E-state index is 0.665. The summed E-state index contributed by atoms with van der Waals surface area (Å²) >= 11 is 14.3. The Bertz CT molecular complexity index is 515. The molecule has 0 aliphatic rings. The Labute approximate surface area is 119 Å². The third-order valence-corrected chi connectivity index (χ3v) is 4.00. The van der Waals surface area contributed by atoms with Crippen LogP contribution in [0.5, 0.6) is 0 Å². The molecule has 2 aromatic carbocycles. The fourth-order valence-electron chi connectivity index (χ4n) is 1.54. The van der Waals surface area contributed by atoms with Gasteiger partial charge in [0.2, 0.25) is 0 Å². The van der Waals surface area contributed by atoms with Crippen LogP contribution in [0.3, 0.4) is 0 Å². The zero-order chi connectivity index (χ0) is 11.7. The van der Waals surface area contributed by atoms with Gasteiger partial charge >= 0.3 is 0 Å². The molecule has 0 saturated heterocycles. The van der Waals surface area contributed by atoms with Gasteiger partial charge in [0.25, 0.3) is 0 Å². The summed E-state index contributed by atoms with van der Waals surface area (Å²) in [5, 5.41) is 1.33. The van der Waals surface area contributed by atoms with Gasteiger partial charge in [-0.25, -0.2) is 0 Å². The van der Waals surface area contributed by atoms with Crippen LogP contribution in [0.15, 0.2) is 36.4 Å². The Morgan fingerprint density at radius 1 is 0.875 bits per heavy atom. The Morgan fingerprint density at radius 2 is 1.50 bits per heavy atom. The van der Waals surface area contributed by atoms with Crippen LogP contribution >= 0.6 is 45.8 Å². The van der Waals surface area contributed by atoms with Gasteiger partial charge in [0.1, 0.15) is 0 Å². The van der Waals surface area contributed by atoms with E-state index in [0.717, 1.165) is 11.1 Å². The van der Waals surface area contributed by atoms with E-state index in [1.54, 1.807) is 6.07 Å². The number of aryl methyl sites for hydroxylation is 1. The molecule has 0 aliphatic carbocycles. The Kier molecular flexibility index (Phi) is 3.77. The molecule has 82 valence electrons. The zero-order valence-corrected chi connectivity index (χ0v) is 12.3. The van der Waals surface area contributed by atoms with Crippen LogP contribution in [-0.4, -0.2) is 0 Å². The van der Waals surface area contributed by atoms with Crippen molar-refractivity contribution >= 4 is 45.8 Å². The van der Waals surface area contributed by atoms with Crippen LogP contribution in [0.2, 0.25) is 10.0 Å². The maximum atomic E-state index is 5.99. The Hall–Kier alpha value is -0.250. The summed E-state index contributed by atoms with van der Waals surface area (Å²) in [6.45, 7) is 2.09. The smallest absolute Gasteiger partial charge is 0.0426 e. The first-order valence-corrected chi connectivity index (χ1v) is 6.62. The lowest BCUT2D eigenvalue weighted by atomic mass is 10.0. The first kappa shape index (κ1) is 12.2. The van der Waals surface area contributed by atoms with Gasteiger partial charge < -0.3 is 0 Å². The monoisotopic (exact) mass is 362 g/mol. The summed E-state index contributed by atoms with van der Waals surface area (Å²) in [6, 6.07) is 11.9. The molecular weight excluding hydrogens is 354 g/mol. The molecule has 0 spiro atoms. The number of rotatable bonds is 1. The van der Waals surface area contributed by atoms with E-state index >= 15 is 0 Å². The average Bonchev–Trinajstić information content (AvgIpc) is 2.20. The first-order valence-electron chi connectivity index (χ1n) is 4.79. The average molecular weight is 363 g/mol. The highest BCUT2D eigenvalue weighted by atomic mass is 127. The Morgan fingerprint density at radius 3 is 2.06 bits per heavy atom. The maximum absolute atomic E-state index is 5.99. The molecular formula is C13H9Cl2I. The SMILES string of the molecule is Cc1cc(-c2cc(Cl)cc(Cl)c2)ccc1I. The lowest BCUT2D eigenvalue weighted by Crippen LogP contribution is -1.83. The molecule has 0 nitrogen and oxygen atoms in total. The highest BCUT2D eigenvalue weighted by Gasteiger charge is 2.03. The second kappa shape index (κ2) is 4.94. The van der Waals surface area contributed by atoms with Crippen molar-refractivity contribution in [3.8, 4) is 11.1 Å². The molecule has 16 heavy (non-hydrogen) atoms. The minimum absolute atomic E-state index is 0.665. The fourth-order valence-corrected chi connectivity index (χ4v) is 2.41. The van der Waals surface area contributed by atoms with Gasteiger partial charge in [0, 0.05) is 13.6 Å². The molecule has 0 saturated carbocycles. The first-order chi connectivity index (χ1) is 7.56. The summed E-state index contributed by atoms with van der Waals surface area (Å²) in [5.74, 6) is 0. The van der Waals surface area contributed by atoms with Crippen LogP contribution < -0.4 is 0 Å². The van der Waals surface area contributed by atoms with Gasteiger partial charge in [-0.05, 0) is 70.5 Å². The van der Waals surface area contributed by atoms with Crippen molar-refractivity contribution in [1.82, 2.24) is 0 Å². The second-order valence-electron chi connectivity index (χ2n) is 3.62. The maximum Gasteiger partial charge on any atom is 0.0426 e. The van der Waals surface area contributed by atoms with Crippen LogP contribution in [-0.2, 0) is 0 Å². The van der Waals surface area contributed by atoms with Crippen molar-refractivity contribution in [3.63, 3.8) is 0 Å². The summed E-state index contributed by atoms with van der Waals surface area (Å²) in [4.78, 5) is 0. The molecule has 2 rings (SSSR count). The van der Waals surface area contributed by atoms with E-state index < -0.39 is 0 Å². The summed E-state index contributed by atoms with van der Waals surface area (Å²) in [5.41, 5.74) is 3.45. The molecule has 0 aromatic heterocycles. The zero-order valence-electron chi connectivity index (χ0n) is 8.60. The highest BCUT2D eigenvalue weighted by Crippen LogP contribution is 2.28. The van der Waals surface area contributed by atoms with Gasteiger partial charge in [-0.1, -0.05) is 35.3 Å². The quantitative estimate of drug-likeness (QED) is 0.581. The largest absolute Gasteiger partial charge is 0.0843 e. The van der Waals surface area contributed by atoms with Crippen molar-refractivity contribution < 1.29 is 0 Å². The van der Waals surface area contributed by atoms with Crippen molar-refractivity contribution in [2.24, 2.45) is 0 Å². The number of halogens is 3. The van der Waals surface area contributed by atoms with Crippen molar-refractivity contribution in [2.75, 3.05) is 0 Å². The van der Waals surface area contributed by atoms with Gasteiger partial charge in [-0.15, -0.1) is 0 Å². The molecule has 2 aromatic rings. The third-order valence-electron chi connectivity index (χ3n) is 2.35. The molecule has 0 radical (unpaired) electrons. The molecule has 0 fully saturated rings. The van der Waals surface area contributed by atoms with E-state index in [9.17, 15) is 0 Å². The summed E-state index contributed by atoms with van der Waals surface area (Å²) < 4.78 is 1.26. The fraction of sp³-hybridized carbons (Fsp3) is 0.0769. The van der Waals surface area contributed by atoms with E-state index in [0.29, 0.717) is 10.0 Å². The van der Waals surface area contributed by atoms with Crippen LogP contribution in [0, 0.1) is 10.5 Å². The molecule has 0 amide bonds. The lowest BCUT2D eigenvalue weighted by Gasteiger charge is -2.06. The van der Waals surface area contributed by atoms with E-state index in [1.165, 1.54) is 9.13 Å². The van der Waals surface area contributed by atoms with E-state index in [4.69, 9.17) is 23.2 Å². The van der Waals surface area contributed by atoms with Crippen LogP contribution in [0.1, 0.15) is 5.56 Å². The lowest BCUT2D eigenvalue weighted by molar-refractivity contribution is 1.42. The van der Waals surface area contributed by atoms with Gasteiger partial charge in [-0.3, -0.25) is 0 Å². The molecule has 0 atom stereocenters. The van der Waals surface area contributed by atoms with Gasteiger partial charge in [-0.2, -0.15) is 0 Å². The molecule has 0 heterocycles. The number of hydrogen-bond donors (Lipinski definition) is 0. The Balaban J connectivity index is 2.54.